The molecule has 0 radical (unpaired) electrons. The zero-order valence-corrected chi connectivity index (χ0v) is 20.8. The number of likely N-dealkylation sites (N-methyl/N-ethyl adjacent to an activating group) is 1. The molecule has 168 valence electrons. The molecule has 1 aromatic rings. The zero-order chi connectivity index (χ0) is 20.5. The van der Waals surface area contributed by atoms with Crippen molar-refractivity contribution in [3.8, 4) is 0 Å². The molecule has 0 aromatic heterocycles. The fourth-order valence-electron chi connectivity index (χ4n) is 4.58. The highest BCUT2D eigenvalue weighted by Gasteiger charge is 2.24. The topological polar surface area (TPSA) is 60.0 Å². The van der Waals surface area contributed by atoms with Gasteiger partial charge in [0.15, 0.2) is 5.96 Å². The first-order valence-corrected chi connectivity index (χ1v) is 11.2. The number of halogens is 1. The number of piperidine rings is 1. The van der Waals surface area contributed by atoms with Crippen molar-refractivity contribution in [1.29, 1.82) is 0 Å². The van der Waals surface area contributed by atoms with Crippen molar-refractivity contribution in [1.82, 2.24) is 20.4 Å². The third kappa shape index (κ3) is 7.41. The Kier molecular flexibility index (Phi) is 10.9. The second-order valence-corrected chi connectivity index (χ2v) is 8.25. The number of hydrogen-bond acceptors (Lipinski definition) is 3. The van der Waals surface area contributed by atoms with E-state index in [9.17, 15) is 4.79 Å². The van der Waals surface area contributed by atoms with Gasteiger partial charge in [0, 0.05) is 32.7 Å². The molecule has 6 nitrogen and oxygen atoms in total. The maximum Gasteiger partial charge on any atom is 0.241 e. The van der Waals surface area contributed by atoms with Crippen LogP contribution in [0.2, 0.25) is 0 Å². The molecule has 30 heavy (non-hydrogen) atoms. The summed E-state index contributed by atoms with van der Waals surface area (Å²) in [6.07, 6.45) is 5.79. The number of aliphatic imine (C=N–C) groups is 1. The molecule has 2 N–H and O–H groups in total. The number of carbonyl (C=O) groups is 1. The molecule has 0 spiro atoms. The van der Waals surface area contributed by atoms with Gasteiger partial charge in [0.05, 0.1) is 6.54 Å². The van der Waals surface area contributed by atoms with Crippen molar-refractivity contribution in [2.24, 2.45) is 10.9 Å². The Balaban J connectivity index is 0.00000320. The maximum absolute atomic E-state index is 12.6. The fourth-order valence-corrected chi connectivity index (χ4v) is 4.58. The Morgan fingerprint density at radius 1 is 1.10 bits per heavy atom. The first kappa shape index (κ1) is 24.9. The van der Waals surface area contributed by atoms with Crippen molar-refractivity contribution in [2.75, 3.05) is 46.3 Å². The minimum Gasteiger partial charge on any atom is -0.355 e. The Hall–Kier alpha value is -1.35. The maximum atomic E-state index is 12.6. The van der Waals surface area contributed by atoms with E-state index < -0.39 is 0 Å². The van der Waals surface area contributed by atoms with E-state index in [1.54, 1.807) is 7.05 Å². The van der Waals surface area contributed by atoms with Crippen LogP contribution in [-0.2, 0) is 11.2 Å². The molecule has 0 saturated carbocycles. The van der Waals surface area contributed by atoms with Crippen molar-refractivity contribution < 1.29 is 4.79 Å². The zero-order valence-electron chi connectivity index (χ0n) is 18.5. The summed E-state index contributed by atoms with van der Waals surface area (Å²) >= 11 is 0. The van der Waals surface area contributed by atoms with E-state index in [-0.39, 0.29) is 29.9 Å². The number of amides is 1. The number of guanidine groups is 1. The molecule has 1 amide bonds. The van der Waals surface area contributed by atoms with Crippen molar-refractivity contribution >= 4 is 35.8 Å². The molecule has 2 saturated heterocycles. The van der Waals surface area contributed by atoms with Crippen LogP contribution in [0.15, 0.2) is 35.3 Å². The predicted molar refractivity (Wildman–Crippen MR) is 134 cm³/mol. The monoisotopic (exact) mass is 527 g/mol. The second kappa shape index (κ2) is 13.1. The van der Waals surface area contributed by atoms with Crippen molar-refractivity contribution in [3.05, 3.63) is 35.9 Å². The Bertz CT molecular complexity index is 661. The highest BCUT2D eigenvalue weighted by Crippen LogP contribution is 2.21. The minimum absolute atomic E-state index is 0. The van der Waals surface area contributed by atoms with Crippen molar-refractivity contribution in [2.45, 2.75) is 45.1 Å². The Labute approximate surface area is 198 Å². The van der Waals surface area contributed by atoms with Gasteiger partial charge in [-0.15, -0.1) is 24.0 Å². The molecule has 0 aliphatic carbocycles. The summed E-state index contributed by atoms with van der Waals surface area (Å²) in [5.74, 6) is 1.57. The van der Waals surface area contributed by atoms with E-state index in [1.807, 2.05) is 4.90 Å². The van der Waals surface area contributed by atoms with E-state index in [2.05, 4.69) is 57.8 Å². The number of nitrogens with one attached hydrogen (secondary N) is 2. The van der Waals surface area contributed by atoms with Crippen LogP contribution in [-0.4, -0.2) is 74.0 Å². The third-order valence-electron chi connectivity index (χ3n) is 6.38. The molecule has 1 unspecified atom stereocenters. The highest BCUT2D eigenvalue weighted by atomic mass is 127. The van der Waals surface area contributed by atoms with E-state index in [1.165, 1.54) is 24.9 Å². The molecule has 1 aromatic carbocycles. The smallest absolute Gasteiger partial charge is 0.241 e. The first-order chi connectivity index (χ1) is 14.2. The van der Waals surface area contributed by atoms with Crippen LogP contribution in [0.5, 0.6) is 0 Å². The summed E-state index contributed by atoms with van der Waals surface area (Å²) in [7, 11) is 1.76. The van der Waals surface area contributed by atoms with Gasteiger partial charge >= 0.3 is 0 Å². The molecule has 0 bridgehead atoms. The van der Waals surface area contributed by atoms with E-state index in [0.717, 1.165) is 51.4 Å². The van der Waals surface area contributed by atoms with Crippen molar-refractivity contribution in [3.63, 3.8) is 0 Å². The molecule has 2 fully saturated rings. The molecule has 2 heterocycles. The van der Waals surface area contributed by atoms with Crippen LogP contribution in [0.25, 0.3) is 0 Å². The van der Waals surface area contributed by atoms with E-state index in [4.69, 9.17) is 0 Å². The normalized spacial score (nSPS) is 20.7. The van der Waals surface area contributed by atoms with Gasteiger partial charge in [0.25, 0.3) is 0 Å². The molecule has 1 atom stereocenters. The van der Waals surface area contributed by atoms with Gasteiger partial charge in [-0.2, -0.15) is 0 Å². The number of nitrogens with zero attached hydrogens (tertiary/aromatic N) is 3. The quantitative estimate of drug-likeness (QED) is 0.326. The molecular formula is C23H38IN5O. The summed E-state index contributed by atoms with van der Waals surface area (Å²) in [5.41, 5.74) is 1.40. The standard InChI is InChI=1S/C23H37N5O.HI/c1-3-27-13-7-10-21(27)17-25-23(24-2)26-18-22(29)28-14-11-20(12-15-28)16-19-8-5-4-6-9-19;/h4-6,8-9,20-21H,3,7,10-18H2,1-2H3,(H2,24,25,26);1H. The van der Waals surface area contributed by atoms with E-state index in [0.29, 0.717) is 18.5 Å². The van der Waals surface area contributed by atoms with Crippen LogP contribution in [0.4, 0.5) is 0 Å². The lowest BCUT2D eigenvalue weighted by atomic mass is 9.90. The van der Waals surface area contributed by atoms with Gasteiger partial charge in [0.2, 0.25) is 5.91 Å². The minimum atomic E-state index is 0. The summed E-state index contributed by atoms with van der Waals surface area (Å²) < 4.78 is 0. The molecular weight excluding hydrogens is 489 g/mol. The third-order valence-corrected chi connectivity index (χ3v) is 6.38. The van der Waals surface area contributed by atoms with Crippen LogP contribution in [0.1, 0.15) is 38.2 Å². The number of hydrogen-bond donors (Lipinski definition) is 2. The Morgan fingerprint density at radius 3 is 2.50 bits per heavy atom. The average molecular weight is 527 g/mol. The number of likely N-dealkylation sites (tertiary alicyclic amines) is 2. The summed E-state index contributed by atoms with van der Waals surface area (Å²) in [5, 5.41) is 6.60. The lowest BCUT2D eigenvalue weighted by Gasteiger charge is -2.32. The van der Waals surface area contributed by atoms with Crippen LogP contribution < -0.4 is 10.6 Å². The summed E-state index contributed by atoms with van der Waals surface area (Å²) in [6, 6.07) is 11.2. The largest absolute Gasteiger partial charge is 0.355 e. The molecule has 2 aliphatic heterocycles. The SMILES string of the molecule is CCN1CCCC1CNC(=NC)NCC(=O)N1CCC(Cc2ccccc2)CC1.I. The molecule has 7 heteroatoms. The molecule has 3 rings (SSSR count). The Morgan fingerprint density at radius 2 is 1.83 bits per heavy atom. The van der Waals surface area contributed by atoms with Gasteiger partial charge in [-0.05, 0) is 56.7 Å². The summed E-state index contributed by atoms with van der Waals surface area (Å²) in [4.78, 5) is 21.4. The average Bonchev–Trinajstić information content (AvgIpc) is 3.22. The van der Waals surface area contributed by atoms with Gasteiger partial charge in [-0.3, -0.25) is 14.7 Å². The lowest BCUT2D eigenvalue weighted by molar-refractivity contribution is -0.131. The lowest BCUT2D eigenvalue weighted by Crippen LogP contribution is -2.49. The number of benzene rings is 1. The van der Waals surface area contributed by atoms with Crippen LogP contribution in [0.3, 0.4) is 0 Å². The second-order valence-electron chi connectivity index (χ2n) is 8.25. The molecule has 2 aliphatic rings. The van der Waals surface area contributed by atoms with Gasteiger partial charge < -0.3 is 15.5 Å². The van der Waals surface area contributed by atoms with Gasteiger partial charge in [-0.25, -0.2) is 0 Å². The number of carbonyl (C=O) groups excluding carboxylic acids is 1. The highest BCUT2D eigenvalue weighted by molar-refractivity contribution is 14.0. The van der Waals surface area contributed by atoms with Gasteiger partial charge in [0.1, 0.15) is 0 Å². The predicted octanol–water partition coefficient (Wildman–Crippen LogP) is 2.74. The first-order valence-electron chi connectivity index (χ1n) is 11.2. The summed E-state index contributed by atoms with van der Waals surface area (Å²) in [6.45, 7) is 7.41. The van der Waals surface area contributed by atoms with Crippen LogP contribution >= 0.6 is 24.0 Å². The van der Waals surface area contributed by atoms with Crippen LogP contribution in [0, 0.1) is 5.92 Å². The van der Waals surface area contributed by atoms with Gasteiger partial charge in [-0.1, -0.05) is 37.3 Å². The van der Waals surface area contributed by atoms with E-state index >= 15 is 0 Å². The fraction of sp³-hybridized carbons (Fsp3) is 0.652. The number of rotatable bonds is 7.